The summed E-state index contributed by atoms with van der Waals surface area (Å²) in [5.74, 6) is -2.92. The van der Waals surface area contributed by atoms with Gasteiger partial charge in [-0.1, -0.05) is 43.9 Å². The van der Waals surface area contributed by atoms with Gasteiger partial charge in [0.15, 0.2) is 5.92 Å². The molecule has 0 aliphatic rings. The van der Waals surface area contributed by atoms with Crippen molar-refractivity contribution in [3.8, 4) is 0 Å². The Kier molecular flexibility index (Phi) is 10.2. The summed E-state index contributed by atoms with van der Waals surface area (Å²) in [6.45, 7) is 7.29. The van der Waals surface area contributed by atoms with Gasteiger partial charge in [0, 0.05) is 6.04 Å². The molecule has 1 N–H and O–H groups in total. The predicted molar refractivity (Wildman–Crippen MR) is 106 cm³/mol. The Labute approximate surface area is 167 Å². The molecular weight excluding hydrogens is 382 g/mol. The van der Waals surface area contributed by atoms with Gasteiger partial charge in [-0.15, -0.1) is 0 Å². The van der Waals surface area contributed by atoms with Crippen LogP contribution in [0.1, 0.15) is 52.0 Å². The van der Waals surface area contributed by atoms with Gasteiger partial charge in [-0.05, 0) is 39.3 Å². The lowest BCUT2D eigenvalue weighted by Crippen LogP contribution is -2.48. The first kappa shape index (κ1) is 24.1. The molecule has 0 aliphatic heterocycles. The van der Waals surface area contributed by atoms with Crippen molar-refractivity contribution in [1.82, 2.24) is 4.72 Å². The minimum absolute atomic E-state index is 0.0741. The Morgan fingerprint density at radius 3 is 1.96 bits per heavy atom. The molecule has 28 heavy (non-hydrogen) atoms. The van der Waals surface area contributed by atoms with Crippen molar-refractivity contribution < 1.29 is 27.5 Å². The third-order valence-corrected chi connectivity index (χ3v) is 5.75. The number of carbonyl (C=O) groups excluding carboxylic acids is 2. The summed E-state index contributed by atoms with van der Waals surface area (Å²) in [6, 6.07) is 5.41. The standard InChI is InChI=1S/C20H31NO6S/c1-5-8-9-10-17(18(19(22)26-6-2)20(23)27-7-3)21-28(24,25)16-13-11-15(4)12-14-16/h11-14,17-18,21H,5-10H2,1-4H3. The number of carbonyl (C=O) groups is 2. The van der Waals surface area contributed by atoms with Gasteiger partial charge in [0.1, 0.15) is 0 Å². The van der Waals surface area contributed by atoms with E-state index in [0.29, 0.717) is 12.8 Å². The number of rotatable bonds is 12. The number of hydrogen-bond acceptors (Lipinski definition) is 6. The van der Waals surface area contributed by atoms with Gasteiger partial charge < -0.3 is 9.47 Å². The minimum atomic E-state index is -3.92. The van der Waals surface area contributed by atoms with Crippen molar-refractivity contribution in [2.24, 2.45) is 5.92 Å². The second-order valence-corrected chi connectivity index (χ2v) is 8.23. The van der Waals surface area contributed by atoms with E-state index in [2.05, 4.69) is 4.72 Å². The molecule has 1 atom stereocenters. The molecule has 8 heteroatoms. The summed E-state index contributed by atoms with van der Waals surface area (Å²) in [6.07, 6.45) is 2.75. The fraction of sp³-hybridized carbons (Fsp3) is 0.600. The van der Waals surface area contributed by atoms with Gasteiger partial charge in [-0.25, -0.2) is 13.1 Å². The zero-order chi connectivity index (χ0) is 21.2. The van der Waals surface area contributed by atoms with Crippen molar-refractivity contribution in [3.05, 3.63) is 29.8 Å². The molecule has 1 rings (SSSR count). The van der Waals surface area contributed by atoms with Crippen molar-refractivity contribution >= 4 is 22.0 Å². The zero-order valence-corrected chi connectivity index (χ0v) is 17.9. The van der Waals surface area contributed by atoms with Crippen LogP contribution in [0.2, 0.25) is 0 Å². The molecule has 0 heterocycles. The number of unbranched alkanes of at least 4 members (excludes halogenated alkanes) is 2. The average Bonchev–Trinajstić information content (AvgIpc) is 2.62. The van der Waals surface area contributed by atoms with Gasteiger partial charge in [0.25, 0.3) is 0 Å². The molecule has 7 nitrogen and oxygen atoms in total. The lowest BCUT2D eigenvalue weighted by Gasteiger charge is -2.25. The second-order valence-electron chi connectivity index (χ2n) is 6.52. The Hall–Kier alpha value is -1.93. The van der Waals surface area contributed by atoms with Crippen LogP contribution in [0.15, 0.2) is 29.2 Å². The molecule has 1 unspecified atom stereocenters. The molecule has 0 aromatic heterocycles. The van der Waals surface area contributed by atoms with Crippen LogP contribution in [-0.4, -0.2) is 39.6 Å². The number of hydrogen-bond donors (Lipinski definition) is 1. The normalized spacial score (nSPS) is 12.6. The first-order valence-electron chi connectivity index (χ1n) is 9.69. The van der Waals surface area contributed by atoms with Gasteiger partial charge >= 0.3 is 11.9 Å². The Morgan fingerprint density at radius 2 is 1.50 bits per heavy atom. The minimum Gasteiger partial charge on any atom is -0.465 e. The summed E-state index contributed by atoms with van der Waals surface area (Å²) in [4.78, 5) is 25.0. The van der Waals surface area contributed by atoms with Crippen molar-refractivity contribution in [2.45, 2.75) is 64.3 Å². The lowest BCUT2D eigenvalue weighted by molar-refractivity contribution is -0.162. The molecular formula is C20H31NO6S. The number of aryl methyl sites for hydroxylation is 1. The molecule has 1 aromatic carbocycles. The van der Waals surface area contributed by atoms with E-state index < -0.39 is 33.9 Å². The highest BCUT2D eigenvalue weighted by Crippen LogP contribution is 2.20. The predicted octanol–water partition coefficient (Wildman–Crippen LogP) is 2.96. The summed E-state index contributed by atoms with van der Waals surface area (Å²) in [7, 11) is -3.92. The number of nitrogens with one attached hydrogen (secondary N) is 1. The maximum atomic E-state index is 12.8. The highest BCUT2D eigenvalue weighted by Gasteiger charge is 2.39. The Bertz CT molecular complexity index is 712. The van der Waals surface area contributed by atoms with Crippen molar-refractivity contribution in [3.63, 3.8) is 0 Å². The topological polar surface area (TPSA) is 98.8 Å². The van der Waals surface area contributed by atoms with Crippen LogP contribution < -0.4 is 4.72 Å². The molecule has 1 aromatic rings. The first-order valence-corrected chi connectivity index (χ1v) is 11.2. The van der Waals surface area contributed by atoms with E-state index in [1.54, 1.807) is 26.0 Å². The van der Waals surface area contributed by atoms with E-state index in [9.17, 15) is 18.0 Å². The third-order valence-electron chi connectivity index (χ3n) is 4.24. The Balaban J connectivity index is 3.20. The van der Waals surface area contributed by atoms with Gasteiger partial charge in [-0.3, -0.25) is 9.59 Å². The largest absolute Gasteiger partial charge is 0.465 e. The van der Waals surface area contributed by atoms with Crippen molar-refractivity contribution in [1.29, 1.82) is 0 Å². The highest BCUT2D eigenvalue weighted by molar-refractivity contribution is 7.89. The van der Waals surface area contributed by atoms with Crippen LogP contribution in [0, 0.1) is 12.8 Å². The average molecular weight is 414 g/mol. The molecule has 0 fully saturated rings. The number of sulfonamides is 1. The summed E-state index contributed by atoms with van der Waals surface area (Å²) >= 11 is 0. The van der Waals surface area contributed by atoms with Crippen LogP contribution in [0.3, 0.4) is 0 Å². The second kappa shape index (κ2) is 11.8. The SMILES string of the molecule is CCCCCC(NS(=O)(=O)c1ccc(C)cc1)C(C(=O)OCC)C(=O)OCC. The summed E-state index contributed by atoms with van der Waals surface area (Å²) in [5, 5.41) is 0. The quantitative estimate of drug-likeness (QED) is 0.321. The summed E-state index contributed by atoms with van der Waals surface area (Å²) < 4.78 is 38.3. The third kappa shape index (κ3) is 7.24. The molecule has 0 saturated carbocycles. The van der Waals surface area contributed by atoms with E-state index in [1.807, 2.05) is 13.8 Å². The number of ether oxygens (including phenoxy) is 2. The number of esters is 2. The number of benzene rings is 1. The van der Waals surface area contributed by atoms with Crippen LogP contribution in [-0.2, 0) is 29.1 Å². The maximum absolute atomic E-state index is 12.8. The van der Waals surface area contributed by atoms with Gasteiger partial charge in [0.05, 0.1) is 18.1 Å². The van der Waals surface area contributed by atoms with Crippen LogP contribution in [0.4, 0.5) is 0 Å². The summed E-state index contributed by atoms with van der Waals surface area (Å²) in [5.41, 5.74) is 0.925. The molecule has 0 bridgehead atoms. The molecule has 0 spiro atoms. The van der Waals surface area contributed by atoms with E-state index in [4.69, 9.17) is 9.47 Å². The monoisotopic (exact) mass is 413 g/mol. The molecule has 0 radical (unpaired) electrons. The van der Waals surface area contributed by atoms with E-state index in [-0.39, 0.29) is 18.1 Å². The molecule has 158 valence electrons. The fourth-order valence-corrected chi connectivity index (χ4v) is 4.06. The van der Waals surface area contributed by atoms with E-state index >= 15 is 0 Å². The maximum Gasteiger partial charge on any atom is 0.321 e. The van der Waals surface area contributed by atoms with Gasteiger partial charge in [-0.2, -0.15) is 0 Å². The Morgan fingerprint density at radius 1 is 0.964 bits per heavy atom. The van der Waals surface area contributed by atoms with Crippen LogP contribution >= 0.6 is 0 Å². The molecule has 0 amide bonds. The lowest BCUT2D eigenvalue weighted by atomic mass is 9.95. The fourth-order valence-electron chi connectivity index (χ4n) is 2.78. The van der Waals surface area contributed by atoms with Crippen molar-refractivity contribution in [2.75, 3.05) is 13.2 Å². The van der Waals surface area contributed by atoms with E-state index in [1.165, 1.54) is 12.1 Å². The van der Waals surface area contributed by atoms with E-state index in [0.717, 1.165) is 18.4 Å². The molecule has 0 saturated heterocycles. The first-order chi connectivity index (χ1) is 13.3. The zero-order valence-electron chi connectivity index (χ0n) is 17.1. The van der Waals surface area contributed by atoms with Gasteiger partial charge in [0.2, 0.25) is 10.0 Å². The highest BCUT2D eigenvalue weighted by atomic mass is 32.2. The molecule has 0 aliphatic carbocycles. The van der Waals surface area contributed by atoms with Crippen LogP contribution in [0.25, 0.3) is 0 Å². The van der Waals surface area contributed by atoms with Crippen LogP contribution in [0.5, 0.6) is 0 Å². The smallest absolute Gasteiger partial charge is 0.321 e.